The Morgan fingerprint density at radius 2 is 1.96 bits per heavy atom. The lowest BCUT2D eigenvalue weighted by Crippen LogP contribution is -2.35. The molecule has 0 atom stereocenters. The van der Waals surface area contributed by atoms with Crippen molar-refractivity contribution in [3.63, 3.8) is 0 Å². The maximum atomic E-state index is 12.2. The monoisotopic (exact) mass is 339 g/mol. The Labute approximate surface area is 144 Å². The second-order valence-corrected chi connectivity index (χ2v) is 5.84. The molecular formula is C18H17N3O4. The molecule has 25 heavy (non-hydrogen) atoms. The normalized spacial score (nSPS) is 15.8. The van der Waals surface area contributed by atoms with Gasteiger partial charge in [0.15, 0.2) is 0 Å². The van der Waals surface area contributed by atoms with Gasteiger partial charge in [0.2, 0.25) is 0 Å². The first kappa shape index (κ1) is 16.5. The largest absolute Gasteiger partial charge is 0.480 e. The number of rotatable bonds is 4. The molecule has 1 aromatic heterocycles. The highest BCUT2D eigenvalue weighted by atomic mass is 16.4. The Balaban J connectivity index is 1.94. The van der Waals surface area contributed by atoms with Crippen molar-refractivity contribution in [1.82, 2.24) is 14.8 Å². The van der Waals surface area contributed by atoms with Crippen molar-refractivity contribution >= 4 is 24.0 Å². The van der Waals surface area contributed by atoms with E-state index in [0.29, 0.717) is 10.6 Å². The summed E-state index contributed by atoms with van der Waals surface area (Å²) in [4.78, 5) is 35.4. The van der Waals surface area contributed by atoms with Gasteiger partial charge in [-0.15, -0.1) is 0 Å². The zero-order chi connectivity index (χ0) is 18.1. The molecule has 7 nitrogen and oxygen atoms in total. The number of benzene rings is 1. The van der Waals surface area contributed by atoms with Gasteiger partial charge in [0.25, 0.3) is 5.91 Å². The Bertz CT molecular complexity index is 911. The van der Waals surface area contributed by atoms with Crippen LogP contribution in [0, 0.1) is 13.8 Å². The predicted molar refractivity (Wildman–Crippen MR) is 91.1 cm³/mol. The standard InChI is InChI=1S/C18H17N3O4/c1-11-5-6-14(8-12(11)2)20-7-3-4-13(20)9-15-17(24)21(10-16(22)23)18(25)19-15/h3-9H,10H2,1-2H3,(H,19,25)(H,22,23)/b15-9+. The van der Waals surface area contributed by atoms with E-state index in [9.17, 15) is 14.4 Å². The first-order valence-electron chi connectivity index (χ1n) is 7.68. The number of carboxylic acid groups (broad SMARTS) is 1. The van der Waals surface area contributed by atoms with Crippen LogP contribution in [0.15, 0.2) is 42.2 Å². The molecule has 1 aromatic carbocycles. The number of aliphatic carboxylic acids is 1. The predicted octanol–water partition coefficient (Wildman–Crippen LogP) is 2.07. The highest BCUT2D eigenvalue weighted by Crippen LogP contribution is 2.20. The van der Waals surface area contributed by atoms with Gasteiger partial charge < -0.3 is 15.0 Å². The second-order valence-electron chi connectivity index (χ2n) is 5.84. The lowest BCUT2D eigenvalue weighted by Gasteiger charge is -2.10. The van der Waals surface area contributed by atoms with Crippen LogP contribution in [0.2, 0.25) is 0 Å². The number of carbonyl (C=O) groups excluding carboxylic acids is 2. The first-order valence-corrected chi connectivity index (χ1v) is 7.68. The number of hydrogen-bond acceptors (Lipinski definition) is 3. The van der Waals surface area contributed by atoms with Crippen molar-refractivity contribution in [3.8, 4) is 5.69 Å². The van der Waals surface area contributed by atoms with Crippen molar-refractivity contribution < 1.29 is 19.5 Å². The van der Waals surface area contributed by atoms with Gasteiger partial charge in [0.1, 0.15) is 12.2 Å². The summed E-state index contributed by atoms with van der Waals surface area (Å²) in [5, 5.41) is 11.2. The van der Waals surface area contributed by atoms with E-state index in [2.05, 4.69) is 5.32 Å². The molecule has 128 valence electrons. The number of carboxylic acids is 1. The minimum atomic E-state index is -1.25. The van der Waals surface area contributed by atoms with E-state index in [4.69, 9.17) is 5.11 Å². The van der Waals surface area contributed by atoms with Crippen LogP contribution in [-0.4, -0.2) is 39.0 Å². The van der Waals surface area contributed by atoms with Gasteiger partial charge in [-0.2, -0.15) is 0 Å². The van der Waals surface area contributed by atoms with Gasteiger partial charge in [-0.1, -0.05) is 6.07 Å². The fourth-order valence-electron chi connectivity index (χ4n) is 2.62. The number of carbonyl (C=O) groups is 3. The van der Waals surface area contributed by atoms with E-state index in [-0.39, 0.29) is 5.70 Å². The summed E-state index contributed by atoms with van der Waals surface area (Å²) in [7, 11) is 0. The summed E-state index contributed by atoms with van der Waals surface area (Å²) in [5.41, 5.74) is 4.00. The van der Waals surface area contributed by atoms with E-state index < -0.39 is 24.5 Å². The minimum Gasteiger partial charge on any atom is -0.480 e. The number of aromatic nitrogens is 1. The van der Waals surface area contributed by atoms with Crippen LogP contribution in [-0.2, 0) is 9.59 Å². The van der Waals surface area contributed by atoms with E-state index in [1.165, 1.54) is 11.6 Å². The molecule has 2 aromatic rings. The van der Waals surface area contributed by atoms with E-state index in [1.54, 1.807) is 0 Å². The van der Waals surface area contributed by atoms with Crippen LogP contribution < -0.4 is 5.32 Å². The van der Waals surface area contributed by atoms with Gasteiger partial charge in [-0.25, -0.2) is 9.69 Å². The zero-order valence-corrected chi connectivity index (χ0v) is 13.8. The molecule has 1 saturated heterocycles. The highest BCUT2D eigenvalue weighted by molar-refractivity contribution is 6.15. The lowest BCUT2D eigenvalue weighted by molar-refractivity contribution is -0.140. The number of aryl methyl sites for hydroxylation is 2. The lowest BCUT2D eigenvalue weighted by atomic mass is 10.1. The van der Waals surface area contributed by atoms with Crippen LogP contribution in [0.3, 0.4) is 0 Å². The molecule has 3 rings (SSSR count). The maximum absolute atomic E-state index is 12.2. The molecule has 0 unspecified atom stereocenters. The minimum absolute atomic E-state index is 0.0510. The number of hydrogen-bond donors (Lipinski definition) is 2. The Kier molecular flexibility index (Phi) is 4.14. The SMILES string of the molecule is Cc1ccc(-n2cccc2/C=C2/NC(=O)N(CC(=O)O)C2=O)cc1C. The third-order valence-corrected chi connectivity index (χ3v) is 4.10. The summed E-state index contributed by atoms with van der Waals surface area (Å²) in [5.74, 6) is -1.90. The molecule has 1 aliphatic heterocycles. The van der Waals surface area contributed by atoms with Gasteiger partial charge in [-0.05, 0) is 55.3 Å². The van der Waals surface area contributed by atoms with Crippen LogP contribution in [0.25, 0.3) is 11.8 Å². The molecule has 0 spiro atoms. The highest BCUT2D eigenvalue weighted by Gasteiger charge is 2.35. The number of urea groups is 1. The fraction of sp³-hybridized carbons (Fsp3) is 0.167. The molecule has 0 aliphatic carbocycles. The van der Waals surface area contributed by atoms with Crippen LogP contribution in [0.5, 0.6) is 0 Å². The van der Waals surface area contributed by atoms with Gasteiger partial charge in [-0.3, -0.25) is 9.59 Å². The Morgan fingerprint density at radius 1 is 1.20 bits per heavy atom. The molecular weight excluding hydrogens is 322 g/mol. The van der Waals surface area contributed by atoms with Crippen LogP contribution in [0.1, 0.15) is 16.8 Å². The average Bonchev–Trinajstić information content (AvgIpc) is 3.10. The Hall–Kier alpha value is -3.35. The topological polar surface area (TPSA) is 91.6 Å². The van der Waals surface area contributed by atoms with Crippen molar-refractivity contribution in [2.75, 3.05) is 6.54 Å². The number of imide groups is 1. The molecule has 0 bridgehead atoms. The van der Waals surface area contributed by atoms with Crippen molar-refractivity contribution in [2.24, 2.45) is 0 Å². The van der Waals surface area contributed by atoms with E-state index in [1.807, 2.05) is 54.9 Å². The molecule has 2 N–H and O–H groups in total. The quantitative estimate of drug-likeness (QED) is 0.659. The van der Waals surface area contributed by atoms with Crippen molar-refractivity contribution in [1.29, 1.82) is 0 Å². The molecule has 2 heterocycles. The number of nitrogens with zero attached hydrogens (tertiary/aromatic N) is 2. The molecule has 7 heteroatoms. The van der Waals surface area contributed by atoms with E-state index >= 15 is 0 Å². The fourth-order valence-corrected chi connectivity index (χ4v) is 2.62. The van der Waals surface area contributed by atoms with Crippen LogP contribution >= 0.6 is 0 Å². The van der Waals surface area contributed by atoms with Crippen LogP contribution in [0.4, 0.5) is 4.79 Å². The van der Waals surface area contributed by atoms with Gasteiger partial charge in [0, 0.05) is 17.6 Å². The number of nitrogens with one attached hydrogen (secondary N) is 1. The maximum Gasteiger partial charge on any atom is 0.329 e. The smallest absolute Gasteiger partial charge is 0.329 e. The third kappa shape index (κ3) is 3.16. The summed E-state index contributed by atoms with van der Waals surface area (Å²) < 4.78 is 1.89. The molecule has 1 fully saturated rings. The van der Waals surface area contributed by atoms with Gasteiger partial charge in [0.05, 0.1) is 0 Å². The summed E-state index contributed by atoms with van der Waals surface area (Å²) in [6.45, 7) is 3.38. The molecule has 0 saturated carbocycles. The molecule has 3 amide bonds. The molecule has 0 radical (unpaired) electrons. The summed E-state index contributed by atoms with van der Waals surface area (Å²) in [6.07, 6.45) is 3.39. The zero-order valence-electron chi connectivity index (χ0n) is 13.8. The Morgan fingerprint density at radius 3 is 2.64 bits per heavy atom. The molecule has 1 aliphatic rings. The van der Waals surface area contributed by atoms with Gasteiger partial charge >= 0.3 is 12.0 Å². The second kappa shape index (κ2) is 6.27. The van der Waals surface area contributed by atoms with Crippen molar-refractivity contribution in [2.45, 2.75) is 13.8 Å². The first-order chi connectivity index (χ1) is 11.9. The van der Waals surface area contributed by atoms with E-state index in [0.717, 1.165) is 11.3 Å². The number of amides is 3. The third-order valence-electron chi connectivity index (χ3n) is 4.10. The summed E-state index contributed by atoms with van der Waals surface area (Å²) in [6, 6.07) is 8.92. The van der Waals surface area contributed by atoms with Crippen molar-refractivity contribution in [3.05, 3.63) is 59.0 Å². The summed E-state index contributed by atoms with van der Waals surface area (Å²) >= 11 is 0. The average molecular weight is 339 g/mol.